The molecule has 1 saturated carbocycles. The summed E-state index contributed by atoms with van der Waals surface area (Å²) in [6.07, 6.45) is 3.84. The SMILES string of the molecule is Cc1cc(C)cc(C(CN)NC2CCC(C)(C)C2)c1. The van der Waals surface area contributed by atoms with Gasteiger partial charge < -0.3 is 11.1 Å². The van der Waals surface area contributed by atoms with Crippen molar-refractivity contribution in [2.75, 3.05) is 6.54 Å². The van der Waals surface area contributed by atoms with Crippen LogP contribution in [0.5, 0.6) is 0 Å². The predicted octanol–water partition coefficient (Wildman–Crippen LogP) is 3.47. The van der Waals surface area contributed by atoms with Crippen molar-refractivity contribution in [3.05, 3.63) is 34.9 Å². The molecule has 0 amide bonds. The Morgan fingerprint density at radius 3 is 2.37 bits per heavy atom. The lowest BCUT2D eigenvalue weighted by Gasteiger charge is -2.24. The van der Waals surface area contributed by atoms with Crippen molar-refractivity contribution < 1.29 is 0 Å². The fraction of sp³-hybridized carbons (Fsp3) is 0.647. The lowest BCUT2D eigenvalue weighted by molar-refractivity contribution is 0.353. The van der Waals surface area contributed by atoms with Gasteiger partial charge in [-0.3, -0.25) is 0 Å². The highest BCUT2D eigenvalue weighted by Crippen LogP contribution is 2.37. The van der Waals surface area contributed by atoms with Crippen LogP contribution in [-0.2, 0) is 0 Å². The molecule has 2 unspecified atom stereocenters. The number of hydrogen-bond acceptors (Lipinski definition) is 2. The summed E-state index contributed by atoms with van der Waals surface area (Å²) in [7, 11) is 0. The second kappa shape index (κ2) is 5.64. The van der Waals surface area contributed by atoms with Gasteiger partial charge in [0.05, 0.1) is 0 Å². The van der Waals surface area contributed by atoms with Gasteiger partial charge in [-0.1, -0.05) is 43.2 Å². The molecule has 2 heteroatoms. The van der Waals surface area contributed by atoms with Crippen LogP contribution in [0.4, 0.5) is 0 Å². The summed E-state index contributed by atoms with van der Waals surface area (Å²) in [6.45, 7) is 9.71. The fourth-order valence-electron chi connectivity index (χ4n) is 3.37. The van der Waals surface area contributed by atoms with Gasteiger partial charge in [-0.2, -0.15) is 0 Å². The van der Waals surface area contributed by atoms with E-state index in [1.54, 1.807) is 0 Å². The maximum absolute atomic E-state index is 5.99. The molecule has 0 aliphatic heterocycles. The average Bonchev–Trinajstić information content (AvgIpc) is 2.64. The molecule has 1 aromatic rings. The largest absolute Gasteiger partial charge is 0.329 e. The summed E-state index contributed by atoms with van der Waals surface area (Å²) in [6, 6.07) is 7.65. The van der Waals surface area contributed by atoms with Crippen molar-refractivity contribution in [1.82, 2.24) is 5.32 Å². The molecule has 0 spiro atoms. The smallest absolute Gasteiger partial charge is 0.0446 e. The average molecular weight is 260 g/mol. The normalized spacial score (nSPS) is 23.5. The summed E-state index contributed by atoms with van der Waals surface area (Å²) in [4.78, 5) is 0. The number of nitrogens with one attached hydrogen (secondary N) is 1. The molecule has 0 radical (unpaired) electrons. The van der Waals surface area contributed by atoms with Gasteiger partial charge in [-0.05, 0) is 44.1 Å². The van der Waals surface area contributed by atoms with E-state index in [4.69, 9.17) is 5.73 Å². The van der Waals surface area contributed by atoms with Crippen LogP contribution in [0.3, 0.4) is 0 Å². The predicted molar refractivity (Wildman–Crippen MR) is 82.3 cm³/mol. The first-order chi connectivity index (χ1) is 8.89. The molecule has 0 saturated heterocycles. The minimum Gasteiger partial charge on any atom is -0.329 e. The van der Waals surface area contributed by atoms with Crippen LogP contribution in [0.1, 0.15) is 55.8 Å². The zero-order valence-electron chi connectivity index (χ0n) is 12.8. The van der Waals surface area contributed by atoms with Gasteiger partial charge in [0.2, 0.25) is 0 Å². The number of aryl methyl sites for hydroxylation is 2. The Labute approximate surface area is 117 Å². The molecule has 1 aliphatic carbocycles. The Morgan fingerprint density at radius 1 is 1.26 bits per heavy atom. The molecule has 0 bridgehead atoms. The molecule has 1 fully saturated rings. The molecular weight excluding hydrogens is 232 g/mol. The van der Waals surface area contributed by atoms with E-state index in [2.05, 4.69) is 51.2 Å². The molecule has 106 valence electrons. The third-order valence-corrected chi connectivity index (χ3v) is 4.29. The second-order valence-corrected chi connectivity index (χ2v) is 6.98. The maximum Gasteiger partial charge on any atom is 0.0446 e. The van der Waals surface area contributed by atoms with Crippen LogP contribution < -0.4 is 11.1 Å². The van der Waals surface area contributed by atoms with E-state index in [0.29, 0.717) is 18.0 Å². The summed E-state index contributed by atoms with van der Waals surface area (Å²) in [5.41, 5.74) is 10.5. The number of rotatable bonds is 4. The maximum atomic E-state index is 5.99. The molecule has 3 N–H and O–H groups in total. The van der Waals surface area contributed by atoms with E-state index in [1.165, 1.54) is 36.0 Å². The molecular formula is C17H28N2. The molecule has 19 heavy (non-hydrogen) atoms. The van der Waals surface area contributed by atoms with Crippen LogP contribution in [0.15, 0.2) is 18.2 Å². The van der Waals surface area contributed by atoms with Gasteiger partial charge >= 0.3 is 0 Å². The quantitative estimate of drug-likeness (QED) is 0.870. The highest BCUT2D eigenvalue weighted by Gasteiger charge is 2.31. The van der Waals surface area contributed by atoms with E-state index in [9.17, 15) is 0 Å². The van der Waals surface area contributed by atoms with Gasteiger partial charge in [0.15, 0.2) is 0 Å². The molecule has 2 rings (SSSR count). The summed E-state index contributed by atoms with van der Waals surface area (Å²) < 4.78 is 0. The van der Waals surface area contributed by atoms with Crippen molar-refractivity contribution in [2.24, 2.45) is 11.1 Å². The van der Waals surface area contributed by atoms with E-state index < -0.39 is 0 Å². The second-order valence-electron chi connectivity index (χ2n) is 6.98. The first-order valence-electron chi connectivity index (χ1n) is 7.44. The Kier molecular flexibility index (Phi) is 4.32. The van der Waals surface area contributed by atoms with Crippen LogP contribution in [0.25, 0.3) is 0 Å². The number of hydrogen-bond donors (Lipinski definition) is 2. The van der Waals surface area contributed by atoms with Crippen molar-refractivity contribution in [2.45, 2.75) is 59.0 Å². The van der Waals surface area contributed by atoms with Crippen LogP contribution in [0, 0.1) is 19.3 Å². The lowest BCUT2D eigenvalue weighted by Crippen LogP contribution is -2.35. The van der Waals surface area contributed by atoms with Gasteiger partial charge in [0, 0.05) is 18.6 Å². The minimum absolute atomic E-state index is 0.289. The van der Waals surface area contributed by atoms with Crippen molar-refractivity contribution in [1.29, 1.82) is 0 Å². The minimum atomic E-state index is 0.289. The van der Waals surface area contributed by atoms with Crippen molar-refractivity contribution in [3.8, 4) is 0 Å². The fourth-order valence-corrected chi connectivity index (χ4v) is 3.37. The Balaban J connectivity index is 2.08. The highest BCUT2D eigenvalue weighted by atomic mass is 15.0. The summed E-state index contributed by atoms with van der Waals surface area (Å²) in [5.74, 6) is 0. The van der Waals surface area contributed by atoms with Crippen LogP contribution in [-0.4, -0.2) is 12.6 Å². The molecule has 1 aromatic carbocycles. The van der Waals surface area contributed by atoms with Gasteiger partial charge in [-0.25, -0.2) is 0 Å². The van der Waals surface area contributed by atoms with E-state index in [-0.39, 0.29) is 6.04 Å². The van der Waals surface area contributed by atoms with Gasteiger partial charge in [0.1, 0.15) is 0 Å². The van der Waals surface area contributed by atoms with Crippen molar-refractivity contribution >= 4 is 0 Å². The van der Waals surface area contributed by atoms with E-state index >= 15 is 0 Å². The molecule has 0 aromatic heterocycles. The van der Waals surface area contributed by atoms with E-state index in [1.807, 2.05) is 0 Å². The zero-order chi connectivity index (χ0) is 14.0. The molecule has 0 heterocycles. The van der Waals surface area contributed by atoms with Crippen LogP contribution >= 0.6 is 0 Å². The van der Waals surface area contributed by atoms with Gasteiger partial charge in [0.25, 0.3) is 0 Å². The summed E-state index contributed by atoms with van der Waals surface area (Å²) >= 11 is 0. The van der Waals surface area contributed by atoms with Gasteiger partial charge in [-0.15, -0.1) is 0 Å². The standard InChI is InChI=1S/C17H28N2/c1-12-7-13(2)9-14(8-12)16(11-18)19-15-5-6-17(3,4)10-15/h7-9,15-16,19H,5-6,10-11,18H2,1-4H3. The highest BCUT2D eigenvalue weighted by molar-refractivity contribution is 5.31. The Hall–Kier alpha value is -0.860. The Bertz CT molecular complexity index is 417. The zero-order valence-corrected chi connectivity index (χ0v) is 12.8. The van der Waals surface area contributed by atoms with Crippen LogP contribution in [0.2, 0.25) is 0 Å². The number of nitrogens with two attached hydrogens (primary N) is 1. The lowest BCUT2D eigenvalue weighted by atomic mass is 9.91. The topological polar surface area (TPSA) is 38.0 Å². The van der Waals surface area contributed by atoms with E-state index in [0.717, 1.165) is 0 Å². The molecule has 2 nitrogen and oxygen atoms in total. The Morgan fingerprint density at radius 2 is 1.89 bits per heavy atom. The molecule has 2 atom stereocenters. The first kappa shape index (κ1) is 14.5. The first-order valence-corrected chi connectivity index (χ1v) is 7.44. The molecule has 1 aliphatic rings. The number of benzene rings is 1. The third kappa shape index (κ3) is 3.80. The van der Waals surface area contributed by atoms with Crippen molar-refractivity contribution in [3.63, 3.8) is 0 Å². The monoisotopic (exact) mass is 260 g/mol. The summed E-state index contributed by atoms with van der Waals surface area (Å²) in [5, 5.41) is 3.77. The third-order valence-electron chi connectivity index (χ3n) is 4.29.